The van der Waals surface area contributed by atoms with Gasteiger partial charge < -0.3 is 29.2 Å². The molecule has 0 aliphatic heterocycles. The van der Waals surface area contributed by atoms with Crippen LogP contribution in [0.25, 0.3) is 0 Å². The van der Waals surface area contributed by atoms with E-state index in [4.69, 9.17) is 29.2 Å². The molecule has 6 heteroatoms. The molecular formula is C19H42O6. The molecule has 6 nitrogen and oxygen atoms in total. The van der Waals surface area contributed by atoms with Crippen LogP contribution >= 0.6 is 0 Å². The summed E-state index contributed by atoms with van der Waals surface area (Å²) in [5.41, 5.74) is 0. The van der Waals surface area contributed by atoms with Crippen molar-refractivity contribution in [1.82, 2.24) is 0 Å². The Morgan fingerprint density at radius 2 is 0.800 bits per heavy atom. The SMILES string of the molecule is CCCCCCOCCCCC.OCCOCCOCCOCCO. The van der Waals surface area contributed by atoms with Gasteiger partial charge in [0, 0.05) is 13.2 Å². The largest absolute Gasteiger partial charge is 0.394 e. The summed E-state index contributed by atoms with van der Waals surface area (Å²) in [6.07, 6.45) is 9.11. The van der Waals surface area contributed by atoms with Crippen molar-refractivity contribution in [3.05, 3.63) is 0 Å². The van der Waals surface area contributed by atoms with Gasteiger partial charge in [0.1, 0.15) is 0 Å². The molecule has 0 spiro atoms. The van der Waals surface area contributed by atoms with Crippen LogP contribution in [0.3, 0.4) is 0 Å². The molecule has 2 N–H and O–H groups in total. The third-order valence-electron chi connectivity index (χ3n) is 3.25. The predicted octanol–water partition coefficient (Wildman–Crippen LogP) is 2.79. The molecule has 0 saturated heterocycles. The number of hydrogen-bond donors (Lipinski definition) is 2. The van der Waals surface area contributed by atoms with Crippen LogP contribution in [-0.2, 0) is 18.9 Å². The van der Waals surface area contributed by atoms with Crippen LogP contribution in [0.1, 0.15) is 58.8 Å². The van der Waals surface area contributed by atoms with Gasteiger partial charge in [-0.05, 0) is 12.8 Å². The molecule has 0 aliphatic rings. The van der Waals surface area contributed by atoms with Gasteiger partial charge >= 0.3 is 0 Å². The summed E-state index contributed by atoms with van der Waals surface area (Å²) in [5, 5.41) is 16.7. The fraction of sp³-hybridized carbons (Fsp3) is 1.00. The van der Waals surface area contributed by atoms with Crippen LogP contribution in [-0.4, -0.2) is 76.3 Å². The lowest BCUT2D eigenvalue weighted by atomic mass is 10.2. The normalized spacial score (nSPS) is 10.6. The molecule has 0 bridgehead atoms. The highest BCUT2D eigenvalue weighted by Crippen LogP contribution is 2.00. The van der Waals surface area contributed by atoms with Gasteiger partial charge in [-0.25, -0.2) is 0 Å². The highest BCUT2D eigenvalue weighted by Gasteiger charge is 1.90. The first-order chi connectivity index (χ1) is 12.3. The number of aliphatic hydroxyl groups is 2. The maximum absolute atomic E-state index is 8.36. The first-order valence-electron chi connectivity index (χ1n) is 9.86. The fourth-order valence-electron chi connectivity index (χ4n) is 1.86. The van der Waals surface area contributed by atoms with E-state index in [1.165, 1.54) is 44.9 Å². The lowest BCUT2D eigenvalue weighted by molar-refractivity contribution is 0.00230. The smallest absolute Gasteiger partial charge is 0.0701 e. The van der Waals surface area contributed by atoms with Crippen molar-refractivity contribution >= 4 is 0 Å². The second kappa shape index (κ2) is 28.6. The molecule has 0 aromatic carbocycles. The van der Waals surface area contributed by atoms with Crippen molar-refractivity contribution in [2.45, 2.75) is 58.8 Å². The number of rotatable bonds is 19. The maximum Gasteiger partial charge on any atom is 0.0701 e. The van der Waals surface area contributed by atoms with Gasteiger partial charge in [0.25, 0.3) is 0 Å². The molecule has 0 fully saturated rings. The molecule has 0 unspecified atom stereocenters. The van der Waals surface area contributed by atoms with E-state index in [2.05, 4.69) is 13.8 Å². The van der Waals surface area contributed by atoms with Gasteiger partial charge in [0.2, 0.25) is 0 Å². The molecule has 0 rings (SSSR count). The molecule has 154 valence electrons. The first kappa shape index (κ1) is 27.0. The Hall–Kier alpha value is -0.240. The van der Waals surface area contributed by atoms with Crippen LogP contribution in [0.4, 0.5) is 0 Å². The lowest BCUT2D eigenvalue weighted by Gasteiger charge is -2.04. The maximum atomic E-state index is 8.36. The average Bonchev–Trinajstić information content (AvgIpc) is 2.63. The zero-order valence-electron chi connectivity index (χ0n) is 16.5. The molecule has 0 aliphatic carbocycles. The van der Waals surface area contributed by atoms with E-state index in [-0.39, 0.29) is 13.2 Å². The highest BCUT2D eigenvalue weighted by molar-refractivity contribution is 4.40. The van der Waals surface area contributed by atoms with Crippen molar-refractivity contribution in [3.63, 3.8) is 0 Å². The second-order valence-corrected chi connectivity index (χ2v) is 5.66. The Morgan fingerprint density at radius 3 is 1.24 bits per heavy atom. The van der Waals surface area contributed by atoms with E-state index in [0.29, 0.717) is 39.6 Å². The van der Waals surface area contributed by atoms with E-state index in [1.807, 2.05) is 0 Å². The molecule has 0 heterocycles. The van der Waals surface area contributed by atoms with E-state index < -0.39 is 0 Å². The van der Waals surface area contributed by atoms with Crippen molar-refractivity contribution in [1.29, 1.82) is 0 Å². The van der Waals surface area contributed by atoms with Crippen LogP contribution in [0.5, 0.6) is 0 Å². The summed E-state index contributed by atoms with van der Waals surface area (Å²) >= 11 is 0. The third kappa shape index (κ3) is 32.0. The van der Waals surface area contributed by atoms with Crippen LogP contribution in [0.15, 0.2) is 0 Å². The Bertz CT molecular complexity index is 184. The quantitative estimate of drug-likeness (QED) is 0.342. The van der Waals surface area contributed by atoms with Crippen molar-refractivity contribution in [2.24, 2.45) is 0 Å². The topological polar surface area (TPSA) is 77.4 Å². The molecular weight excluding hydrogens is 324 g/mol. The average molecular weight is 367 g/mol. The monoisotopic (exact) mass is 366 g/mol. The molecule has 0 radical (unpaired) electrons. The van der Waals surface area contributed by atoms with Crippen LogP contribution in [0.2, 0.25) is 0 Å². The van der Waals surface area contributed by atoms with Crippen LogP contribution < -0.4 is 0 Å². The summed E-state index contributed by atoms with van der Waals surface area (Å²) in [7, 11) is 0. The van der Waals surface area contributed by atoms with Gasteiger partial charge in [-0.1, -0.05) is 46.0 Å². The highest BCUT2D eigenvalue weighted by atomic mass is 16.5. The summed E-state index contributed by atoms with van der Waals surface area (Å²) in [4.78, 5) is 0. The second-order valence-electron chi connectivity index (χ2n) is 5.66. The molecule has 0 saturated carbocycles. The molecule has 0 aromatic rings. The van der Waals surface area contributed by atoms with Gasteiger partial charge in [0.05, 0.1) is 52.9 Å². The number of ether oxygens (including phenoxy) is 4. The van der Waals surface area contributed by atoms with E-state index in [9.17, 15) is 0 Å². The Balaban J connectivity index is 0. The van der Waals surface area contributed by atoms with E-state index in [0.717, 1.165) is 13.2 Å². The van der Waals surface area contributed by atoms with Gasteiger partial charge in [0.15, 0.2) is 0 Å². The summed E-state index contributed by atoms with van der Waals surface area (Å²) in [6, 6.07) is 0. The van der Waals surface area contributed by atoms with Crippen molar-refractivity contribution in [3.8, 4) is 0 Å². The van der Waals surface area contributed by atoms with Crippen molar-refractivity contribution in [2.75, 3.05) is 66.1 Å². The summed E-state index contributed by atoms with van der Waals surface area (Å²) in [6.45, 7) is 9.17. The Labute approximate surface area is 154 Å². The minimum Gasteiger partial charge on any atom is -0.394 e. The van der Waals surface area contributed by atoms with Gasteiger partial charge in [-0.2, -0.15) is 0 Å². The number of unbranched alkanes of at least 4 members (excludes halogenated alkanes) is 5. The standard InChI is InChI=1S/C11H24O.C8H18O5/c1-3-5-7-9-11-12-10-8-6-4-2;9-1-3-11-5-7-13-8-6-12-4-2-10/h3-11H2,1-2H3;9-10H,1-8H2. The Morgan fingerprint density at radius 1 is 0.440 bits per heavy atom. The third-order valence-corrected chi connectivity index (χ3v) is 3.25. The van der Waals surface area contributed by atoms with E-state index in [1.54, 1.807) is 0 Å². The summed E-state index contributed by atoms with van der Waals surface area (Å²) < 4.78 is 20.5. The zero-order valence-corrected chi connectivity index (χ0v) is 16.5. The Kier molecular flexibility index (Phi) is 30.8. The first-order valence-corrected chi connectivity index (χ1v) is 9.86. The van der Waals surface area contributed by atoms with E-state index >= 15 is 0 Å². The zero-order chi connectivity index (χ0) is 18.8. The minimum atomic E-state index is 0.0413. The van der Waals surface area contributed by atoms with Crippen molar-refractivity contribution < 1.29 is 29.2 Å². The fourth-order valence-corrected chi connectivity index (χ4v) is 1.86. The van der Waals surface area contributed by atoms with Gasteiger partial charge in [-0.15, -0.1) is 0 Å². The number of aliphatic hydroxyl groups excluding tert-OH is 2. The molecule has 0 aromatic heterocycles. The molecule has 25 heavy (non-hydrogen) atoms. The predicted molar refractivity (Wildman–Crippen MR) is 101 cm³/mol. The number of hydrogen-bond acceptors (Lipinski definition) is 6. The van der Waals surface area contributed by atoms with Crippen LogP contribution in [0, 0.1) is 0 Å². The minimum absolute atomic E-state index is 0.0413. The molecule has 0 atom stereocenters. The summed E-state index contributed by atoms with van der Waals surface area (Å²) in [5.74, 6) is 0. The van der Waals surface area contributed by atoms with Gasteiger partial charge in [-0.3, -0.25) is 0 Å². The lowest BCUT2D eigenvalue weighted by Crippen LogP contribution is -2.11. The molecule has 0 amide bonds.